The summed E-state index contributed by atoms with van der Waals surface area (Å²) in [6, 6.07) is 0. The summed E-state index contributed by atoms with van der Waals surface area (Å²) in [7, 11) is 0. The molecular weight excluding hydrogens is 104 g/mol. The third-order valence-electron chi connectivity index (χ3n) is 0.733. The Bertz CT molecular complexity index is 183. The zero-order valence-electron chi connectivity index (χ0n) is 4.13. The van der Waals surface area contributed by atoms with E-state index >= 15 is 0 Å². The summed E-state index contributed by atoms with van der Waals surface area (Å²) < 4.78 is 4.65. The van der Waals surface area contributed by atoms with Crippen LogP contribution in [0.4, 0.5) is 0 Å². The number of hydrogen-bond donors (Lipinski definition) is 0. The molecule has 40 valence electrons. The van der Waals surface area contributed by atoms with Gasteiger partial charge in [0.2, 0.25) is 5.76 Å². The lowest BCUT2D eigenvalue weighted by Gasteiger charge is -1.96. The van der Waals surface area contributed by atoms with E-state index in [1.54, 1.807) is 24.2 Å². The first-order valence-electron chi connectivity index (χ1n) is 2.18. The van der Waals surface area contributed by atoms with E-state index < -0.39 is 0 Å². The first kappa shape index (κ1) is 4.88. The first-order valence-corrected chi connectivity index (χ1v) is 2.18. The maximum Gasteiger partial charge on any atom is 0.209 e. The van der Waals surface area contributed by atoms with Gasteiger partial charge in [0.25, 0.3) is 0 Å². The van der Waals surface area contributed by atoms with Crippen molar-refractivity contribution in [2.24, 2.45) is 0 Å². The molecule has 1 aliphatic heterocycles. The van der Waals surface area contributed by atoms with Crippen LogP contribution in [0.15, 0.2) is 30.2 Å². The third-order valence-corrected chi connectivity index (χ3v) is 0.733. The molecule has 1 heterocycles. The molecule has 0 atom stereocenters. The Morgan fingerprint density at radius 2 is 2.38 bits per heavy atom. The van der Waals surface area contributed by atoms with Gasteiger partial charge in [0, 0.05) is 0 Å². The van der Waals surface area contributed by atoms with E-state index in [1.165, 1.54) is 6.26 Å². The summed E-state index contributed by atoms with van der Waals surface area (Å²) in [5, 5.41) is 0. The zero-order chi connectivity index (χ0) is 5.82. The molecule has 0 aromatic rings. The predicted octanol–water partition coefficient (Wildman–Crippen LogP) is 0.802. The molecule has 0 aromatic carbocycles. The van der Waals surface area contributed by atoms with Crippen molar-refractivity contribution in [2.75, 3.05) is 0 Å². The maximum atomic E-state index is 9.79. The summed E-state index contributed by atoms with van der Waals surface area (Å²) in [5.74, 6) is 1.84. The van der Waals surface area contributed by atoms with Crippen LogP contribution >= 0.6 is 0 Å². The van der Waals surface area contributed by atoms with Gasteiger partial charge in [0.1, 0.15) is 0 Å². The fraction of sp³-hybridized carbons (Fsp3) is 0. The van der Waals surface area contributed by atoms with Gasteiger partial charge >= 0.3 is 0 Å². The van der Waals surface area contributed by atoms with E-state index in [-0.39, 0.29) is 5.76 Å². The summed E-state index contributed by atoms with van der Waals surface area (Å²) in [4.78, 5) is 9.79. The average Bonchev–Trinajstić information content (AvgIpc) is 1.90. The minimum absolute atomic E-state index is 0.229. The fourth-order valence-corrected chi connectivity index (χ4v) is 0.398. The number of allylic oxidation sites excluding steroid dienone is 3. The molecule has 1 aliphatic rings. The predicted molar refractivity (Wildman–Crippen MR) is 28.6 cm³/mol. The van der Waals surface area contributed by atoms with Gasteiger partial charge in [0.05, 0.1) is 6.26 Å². The molecule has 1 rings (SSSR count). The van der Waals surface area contributed by atoms with E-state index in [1.807, 2.05) is 0 Å². The molecule has 2 nitrogen and oxygen atoms in total. The molecule has 0 aromatic heterocycles. The molecule has 0 N–H and O–H groups in total. The molecule has 0 amide bonds. The lowest BCUT2D eigenvalue weighted by molar-refractivity contribution is 0.366. The molecule has 0 saturated carbocycles. The lowest BCUT2D eigenvalue weighted by atomic mass is 10.4. The third kappa shape index (κ3) is 0.863. The fourth-order valence-electron chi connectivity index (χ4n) is 0.398. The van der Waals surface area contributed by atoms with E-state index in [0.29, 0.717) is 0 Å². The van der Waals surface area contributed by atoms with Gasteiger partial charge in [-0.25, -0.2) is 4.79 Å². The second kappa shape index (κ2) is 2.15. The summed E-state index contributed by atoms with van der Waals surface area (Å²) in [6.07, 6.45) is 6.39. The Balaban J connectivity index is 2.80. The topological polar surface area (TPSA) is 26.3 Å². The molecule has 8 heavy (non-hydrogen) atoms. The minimum atomic E-state index is 0.229. The van der Waals surface area contributed by atoms with Gasteiger partial charge in [-0.3, -0.25) is 0 Å². The van der Waals surface area contributed by atoms with Gasteiger partial charge in [-0.15, -0.1) is 0 Å². The van der Waals surface area contributed by atoms with Crippen molar-refractivity contribution in [2.45, 2.75) is 0 Å². The summed E-state index contributed by atoms with van der Waals surface area (Å²) in [6.45, 7) is 0. The first-order chi connectivity index (χ1) is 3.93. The Morgan fingerprint density at radius 1 is 1.50 bits per heavy atom. The molecule has 0 unspecified atom stereocenters. The SMILES string of the molecule is O=C=C1C=CC=CO1. The summed E-state index contributed by atoms with van der Waals surface area (Å²) >= 11 is 0. The number of hydrogen-bond acceptors (Lipinski definition) is 2. The van der Waals surface area contributed by atoms with Crippen LogP contribution in [0.25, 0.3) is 0 Å². The normalized spacial score (nSPS) is 15.2. The van der Waals surface area contributed by atoms with Gasteiger partial charge in [-0.1, -0.05) is 6.08 Å². The van der Waals surface area contributed by atoms with Crippen LogP contribution in [0.1, 0.15) is 0 Å². The minimum Gasteiger partial charge on any atom is -0.453 e. The molecular formula is C6H4O2. The highest BCUT2D eigenvalue weighted by Crippen LogP contribution is 2.00. The standard InChI is InChI=1S/C6H4O2/c7-5-6-3-1-2-4-8-6/h1-4H. The molecule has 0 radical (unpaired) electrons. The van der Waals surface area contributed by atoms with Crippen molar-refractivity contribution in [3.8, 4) is 0 Å². The average molecular weight is 108 g/mol. The van der Waals surface area contributed by atoms with Crippen LogP contribution in [0.2, 0.25) is 0 Å². The van der Waals surface area contributed by atoms with Crippen LogP contribution in [-0.2, 0) is 9.53 Å². The Kier molecular flexibility index (Phi) is 1.31. The second-order valence-corrected chi connectivity index (χ2v) is 1.27. The van der Waals surface area contributed by atoms with Crippen LogP contribution < -0.4 is 0 Å². The van der Waals surface area contributed by atoms with Crippen LogP contribution in [0.5, 0.6) is 0 Å². The van der Waals surface area contributed by atoms with Crippen LogP contribution in [0.3, 0.4) is 0 Å². The molecule has 0 saturated heterocycles. The molecule has 0 aliphatic carbocycles. The quantitative estimate of drug-likeness (QED) is 0.429. The van der Waals surface area contributed by atoms with E-state index in [2.05, 4.69) is 4.74 Å². The lowest BCUT2D eigenvalue weighted by Crippen LogP contribution is -1.83. The highest BCUT2D eigenvalue weighted by atomic mass is 16.5. The largest absolute Gasteiger partial charge is 0.453 e. The van der Waals surface area contributed by atoms with Crippen LogP contribution in [0, 0.1) is 0 Å². The van der Waals surface area contributed by atoms with Gasteiger partial charge in [-0.2, -0.15) is 0 Å². The molecule has 0 spiro atoms. The van der Waals surface area contributed by atoms with Crippen molar-refractivity contribution < 1.29 is 9.53 Å². The second-order valence-electron chi connectivity index (χ2n) is 1.27. The van der Waals surface area contributed by atoms with E-state index in [0.717, 1.165) is 0 Å². The van der Waals surface area contributed by atoms with Crippen LogP contribution in [-0.4, -0.2) is 5.94 Å². The van der Waals surface area contributed by atoms with Gasteiger partial charge in [-0.05, 0) is 12.2 Å². The zero-order valence-corrected chi connectivity index (χ0v) is 4.13. The van der Waals surface area contributed by atoms with E-state index in [4.69, 9.17) is 0 Å². The van der Waals surface area contributed by atoms with Crippen molar-refractivity contribution in [1.82, 2.24) is 0 Å². The molecule has 2 heteroatoms. The smallest absolute Gasteiger partial charge is 0.209 e. The van der Waals surface area contributed by atoms with E-state index in [9.17, 15) is 4.79 Å². The number of carbonyl (C=O) groups excluding carboxylic acids is 1. The Morgan fingerprint density at radius 3 is 2.75 bits per heavy atom. The molecule has 0 fully saturated rings. The van der Waals surface area contributed by atoms with Crippen molar-refractivity contribution in [1.29, 1.82) is 0 Å². The highest BCUT2D eigenvalue weighted by Gasteiger charge is 1.90. The number of rotatable bonds is 0. The Hall–Kier alpha value is -1.27. The van der Waals surface area contributed by atoms with Crippen molar-refractivity contribution in [3.63, 3.8) is 0 Å². The highest BCUT2D eigenvalue weighted by molar-refractivity contribution is 5.55. The maximum absolute atomic E-state index is 9.79. The Labute approximate surface area is 46.8 Å². The summed E-state index contributed by atoms with van der Waals surface area (Å²) in [5.41, 5.74) is 0. The van der Waals surface area contributed by atoms with Crippen molar-refractivity contribution >= 4 is 5.94 Å². The number of ether oxygens (including phenoxy) is 1. The monoisotopic (exact) mass is 108 g/mol. The van der Waals surface area contributed by atoms with Crippen molar-refractivity contribution in [3.05, 3.63) is 30.2 Å². The van der Waals surface area contributed by atoms with Gasteiger partial charge < -0.3 is 4.74 Å². The molecule has 0 bridgehead atoms. The van der Waals surface area contributed by atoms with Gasteiger partial charge in [0.15, 0.2) is 5.94 Å².